The average Bonchev–Trinajstić information content (AvgIpc) is 2.46. The minimum atomic E-state index is -0.549. The number of hydrogen-bond donors (Lipinski definition) is 1. The topological polar surface area (TPSA) is 27.6 Å². The van der Waals surface area contributed by atoms with Crippen LogP contribution in [0.2, 0.25) is 0 Å². The smallest absolute Gasteiger partial charge is 0.193 e. The molecule has 0 saturated heterocycles. The highest BCUT2D eigenvalue weighted by Crippen LogP contribution is 2.10. The number of nitrogens with one attached hydrogen (secondary N) is 1. The number of rotatable bonds is 7. The third-order valence-corrected chi connectivity index (χ3v) is 3.20. The fraction of sp³-hybridized carbons (Fsp3) is 0.562. The van der Waals surface area contributed by atoms with Gasteiger partial charge in [0.05, 0.1) is 0 Å². The maximum atomic E-state index is 13.5. The maximum absolute atomic E-state index is 13.5. The molecule has 118 valence electrons. The van der Waals surface area contributed by atoms with Gasteiger partial charge in [-0.1, -0.05) is 19.4 Å². The number of halogens is 2. The van der Waals surface area contributed by atoms with Crippen molar-refractivity contribution >= 4 is 5.96 Å². The van der Waals surface area contributed by atoms with Crippen LogP contribution in [-0.2, 0) is 6.42 Å². The molecule has 0 unspecified atom stereocenters. The molecule has 0 amide bonds. The van der Waals surface area contributed by atoms with Gasteiger partial charge in [-0.25, -0.2) is 8.78 Å². The van der Waals surface area contributed by atoms with Crippen LogP contribution in [0.5, 0.6) is 0 Å². The minimum Gasteiger partial charge on any atom is -0.357 e. The largest absolute Gasteiger partial charge is 0.357 e. The van der Waals surface area contributed by atoms with E-state index in [-0.39, 0.29) is 0 Å². The van der Waals surface area contributed by atoms with Crippen molar-refractivity contribution in [1.82, 2.24) is 10.2 Å². The lowest BCUT2D eigenvalue weighted by Crippen LogP contribution is -2.39. The Kier molecular flexibility index (Phi) is 7.72. The first-order valence-corrected chi connectivity index (χ1v) is 7.51. The second kappa shape index (κ2) is 9.32. The van der Waals surface area contributed by atoms with Gasteiger partial charge >= 0.3 is 0 Å². The first-order valence-electron chi connectivity index (χ1n) is 7.51. The first kappa shape index (κ1) is 17.4. The number of hydrogen-bond acceptors (Lipinski definition) is 1. The fourth-order valence-corrected chi connectivity index (χ4v) is 1.98. The lowest BCUT2D eigenvalue weighted by molar-refractivity contribution is 0.465. The molecule has 1 N–H and O–H groups in total. The van der Waals surface area contributed by atoms with Crippen LogP contribution >= 0.6 is 0 Å². The van der Waals surface area contributed by atoms with Gasteiger partial charge in [-0.3, -0.25) is 4.99 Å². The third-order valence-electron chi connectivity index (χ3n) is 3.20. The number of benzene rings is 1. The zero-order valence-electron chi connectivity index (χ0n) is 13.1. The van der Waals surface area contributed by atoms with Crippen molar-refractivity contribution in [3.63, 3.8) is 0 Å². The van der Waals surface area contributed by atoms with Crippen LogP contribution in [0, 0.1) is 11.6 Å². The third kappa shape index (κ3) is 6.10. The van der Waals surface area contributed by atoms with Crippen LogP contribution in [0.1, 0.15) is 32.3 Å². The van der Waals surface area contributed by atoms with Gasteiger partial charge in [-0.2, -0.15) is 0 Å². The second-order valence-corrected chi connectivity index (χ2v) is 5.00. The zero-order valence-corrected chi connectivity index (χ0v) is 13.1. The van der Waals surface area contributed by atoms with Crippen LogP contribution in [0.25, 0.3) is 0 Å². The molecule has 0 radical (unpaired) electrons. The summed E-state index contributed by atoms with van der Waals surface area (Å²) >= 11 is 0. The van der Waals surface area contributed by atoms with E-state index in [9.17, 15) is 8.78 Å². The normalized spacial score (nSPS) is 11.6. The van der Waals surface area contributed by atoms with Crippen LogP contribution in [-0.4, -0.2) is 37.5 Å². The summed E-state index contributed by atoms with van der Waals surface area (Å²) in [5.41, 5.74) is 0.493. The summed E-state index contributed by atoms with van der Waals surface area (Å²) in [4.78, 5) is 6.57. The van der Waals surface area contributed by atoms with E-state index in [2.05, 4.69) is 22.1 Å². The van der Waals surface area contributed by atoms with E-state index in [1.54, 1.807) is 0 Å². The Balaban J connectivity index is 2.61. The van der Waals surface area contributed by atoms with E-state index in [0.717, 1.165) is 38.0 Å². The van der Waals surface area contributed by atoms with Crippen molar-refractivity contribution in [2.45, 2.75) is 33.1 Å². The van der Waals surface area contributed by atoms with Crippen molar-refractivity contribution < 1.29 is 8.78 Å². The monoisotopic (exact) mass is 297 g/mol. The van der Waals surface area contributed by atoms with E-state index in [0.29, 0.717) is 18.5 Å². The molecule has 1 aromatic rings. The molecule has 1 rings (SSSR count). The van der Waals surface area contributed by atoms with Gasteiger partial charge in [0.2, 0.25) is 0 Å². The number of guanidine groups is 1. The van der Waals surface area contributed by atoms with Crippen LogP contribution < -0.4 is 5.32 Å². The van der Waals surface area contributed by atoms with Crippen molar-refractivity contribution in [3.05, 3.63) is 35.4 Å². The molecule has 0 aromatic heterocycles. The Hall–Kier alpha value is -1.65. The van der Waals surface area contributed by atoms with Gasteiger partial charge in [0.15, 0.2) is 5.96 Å². The molecule has 0 aliphatic carbocycles. The molecule has 0 heterocycles. The van der Waals surface area contributed by atoms with Gasteiger partial charge in [-0.15, -0.1) is 0 Å². The summed E-state index contributed by atoms with van der Waals surface area (Å²) < 4.78 is 26.4. The van der Waals surface area contributed by atoms with Crippen LogP contribution in [0.3, 0.4) is 0 Å². The maximum Gasteiger partial charge on any atom is 0.193 e. The van der Waals surface area contributed by atoms with Crippen molar-refractivity contribution in [2.75, 3.05) is 26.7 Å². The number of aliphatic imine (C=N–C) groups is 1. The van der Waals surface area contributed by atoms with Gasteiger partial charge < -0.3 is 10.2 Å². The highest BCUT2D eigenvalue weighted by Gasteiger charge is 2.06. The van der Waals surface area contributed by atoms with Crippen molar-refractivity contribution in [1.29, 1.82) is 0 Å². The van der Waals surface area contributed by atoms with Crippen LogP contribution in [0.4, 0.5) is 8.78 Å². The highest BCUT2D eigenvalue weighted by atomic mass is 19.1. The van der Waals surface area contributed by atoms with E-state index < -0.39 is 11.6 Å². The summed E-state index contributed by atoms with van der Waals surface area (Å²) in [6.45, 7) is 6.37. The first-order chi connectivity index (χ1) is 10.1. The quantitative estimate of drug-likeness (QED) is 0.618. The standard InChI is InChI=1S/C16H25F2N3/c1-4-6-11-21(3)16(19-5-2)20-10-9-13-7-8-14(17)12-15(13)18/h7-8,12H,4-6,9-11H2,1-3H3,(H,19,20). The summed E-state index contributed by atoms with van der Waals surface area (Å²) in [5.74, 6) is -0.226. The Labute approximate surface area is 126 Å². The van der Waals surface area contributed by atoms with E-state index >= 15 is 0 Å². The summed E-state index contributed by atoms with van der Waals surface area (Å²) in [7, 11) is 2.00. The molecule has 0 fully saturated rings. The van der Waals surface area contributed by atoms with Gasteiger partial charge in [0.25, 0.3) is 0 Å². The second-order valence-electron chi connectivity index (χ2n) is 5.00. The van der Waals surface area contributed by atoms with Crippen LogP contribution in [0.15, 0.2) is 23.2 Å². The number of unbranched alkanes of at least 4 members (excludes halogenated alkanes) is 1. The molecule has 0 aliphatic rings. The van der Waals surface area contributed by atoms with Gasteiger partial charge in [-0.05, 0) is 31.4 Å². The Morgan fingerprint density at radius 1 is 1.29 bits per heavy atom. The Morgan fingerprint density at radius 3 is 2.67 bits per heavy atom. The van der Waals surface area contributed by atoms with Crippen molar-refractivity contribution in [3.8, 4) is 0 Å². The van der Waals surface area contributed by atoms with E-state index in [1.807, 2.05) is 14.0 Å². The molecule has 0 atom stereocenters. The predicted octanol–water partition coefficient (Wildman–Crippen LogP) is 3.20. The highest BCUT2D eigenvalue weighted by molar-refractivity contribution is 5.79. The molecule has 0 bridgehead atoms. The molecule has 3 nitrogen and oxygen atoms in total. The zero-order chi connectivity index (χ0) is 15.7. The molecule has 5 heteroatoms. The molecule has 1 aromatic carbocycles. The van der Waals surface area contributed by atoms with Gasteiger partial charge in [0.1, 0.15) is 11.6 Å². The lowest BCUT2D eigenvalue weighted by Gasteiger charge is -2.21. The molecule has 21 heavy (non-hydrogen) atoms. The molecule has 0 spiro atoms. The predicted molar refractivity (Wildman–Crippen MR) is 83.6 cm³/mol. The Bertz CT molecular complexity index is 461. The molecular weight excluding hydrogens is 272 g/mol. The average molecular weight is 297 g/mol. The summed E-state index contributed by atoms with van der Waals surface area (Å²) in [6.07, 6.45) is 2.70. The molecule has 0 aliphatic heterocycles. The number of nitrogens with zero attached hydrogens (tertiary/aromatic N) is 2. The molecular formula is C16H25F2N3. The van der Waals surface area contributed by atoms with Crippen molar-refractivity contribution in [2.24, 2.45) is 4.99 Å². The Morgan fingerprint density at radius 2 is 2.05 bits per heavy atom. The van der Waals surface area contributed by atoms with E-state index in [1.165, 1.54) is 12.1 Å². The fourth-order valence-electron chi connectivity index (χ4n) is 1.98. The van der Waals surface area contributed by atoms with E-state index in [4.69, 9.17) is 0 Å². The van der Waals surface area contributed by atoms with Gasteiger partial charge in [0, 0.05) is 32.7 Å². The minimum absolute atomic E-state index is 0.461. The lowest BCUT2D eigenvalue weighted by atomic mass is 10.1. The SMILES string of the molecule is CCCCN(C)C(=NCCc1ccc(F)cc1F)NCC. The summed E-state index contributed by atoms with van der Waals surface area (Å²) in [6, 6.07) is 3.67. The molecule has 0 saturated carbocycles. The summed E-state index contributed by atoms with van der Waals surface area (Å²) in [5, 5.41) is 3.22.